The van der Waals surface area contributed by atoms with Crippen molar-refractivity contribution in [1.82, 2.24) is 25.5 Å². The molecule has 0 radical (unpaired) electrons. The predicted octanol–water partition coefficient (Wildman–Crippen LogP) is 0.266. The van der Waals surface area contributed by atoms with Gasteiger partial charge in [-0.1, -0.05) is 11.8 Å². The zero-order valence-electron chi connectivity index (χ0n) is 9.47. The van der Waals surface area contributed by atoms with E-state index in [1.807, 2.05) is 0 Å². The molecule has 1 N–H and O–H groups in total. The number of alkyl halides is 2. The average molecular weight is 267 g/mol. The molecule has 0 saturated heterocycles. The second-order valence-electron chi connectivity index (χ2n) is 3.13. The summed E-state index contributed by atoms with van der Waals surface area (Å²) in [6.45, 7) is 2.57. The summed E-state index contributed by atoms with van der Waals surface area (Å²) < 4.78 is 30.4. The van der Waals surface area contributed by atoms with Crippen molar-refractivity contribution in [2.24, 2.45) is 0 Å². The molecule has 0 aromatic carbocycles. The lowest BCUT2D eigenvalue weighted by Gasteiger charge is -2.05. The van der Waals surface area contributed by atoms with Gasteiger partial charge in [0.25, 0.3) is 0 Å². The fraction of sp³-hybridized carbons (Fsp3) is 0.875. The van der Waals surface area contributed by atoms with E-state index in [1.165, 1.54) is 4.68 Å². The van der Waals surface area contributed by atoms with Gasteiger partial charge in [0.15, 0.2) is 0 Å². The lowest BCUT2D eigenvalue weighted by atomic mass is 10.6. The van der Waals surface area contributed by atoms with Crippen molar-refractivity contribution in [2.45, 2.75) is 18.1 Å². The average Bonchev–Trinajstić information content (AvgIpc) is 2.73. The Bertz CT molecular complexity index is 312. The minimum atomic E-state index is -2.36. The van der Waals surface area contributed by atoms with Gasteiger partial charge in [-0.05, 0) is 10.4 Å². The number of ether oxygens (including phenoxy) is 1. The Hall–Kier alpha value is -0.800. The van der Waals surface area contributed by atoms with Crippen molar-refractivity contribution in [3.8, 4) is 0 Å². The van der Waals surface area contributed by atoms with Gasteiger partial charge in [0.2, 0.25) is 11.6 Å². The van der Waals surface area contributed by atoms with E-state index in [2.05, 4.69) is 20.8 Å². The maximum Gasteiger partial charge on any atom is 0.248 e. The van der Waals surface area contributed by atoms with E-state index in [0.29, 0.717) is 24.9 Å². The van der Waals surface area contributed by atoms with Crippen LogP contribution in [0.2, 0.25) is 0 Å². The highest BCUT2D eigenvalue weighted by Crippen LogP contribution is 2.16. The third-order valence-corrected chi connectivity index (χ3v) is 2.79. The van der Waals surface area contributed by atoms with Crippen LogP contribution >= 0.6 is 11.8 Å². The third kappa shape index (κ3) is 5.89. The number of tetrazole rings is 1. The molecule has 0 unspecified atom stereocenters. The highest BCUT2D eigenvalue weighted by atomic mass is 32.2. The molecule has 1 aromatic rings. The molecule has 1 rings (SSSR count). The standard InChI is InChI=1S/C8H15F2N5OS/c1-16-5-3-11-2-4-15-8(12-13-14-15)17-6-7(9)10/h7,11H,2-6H2,1H3. The first kappa shape index (κ1) is 14.3. The first-order valence-electron chi connectivity index (χ1n) is 5.10. The topological polar surface area (TPSA) is 64.9 Å². The molecule has 0 saturated carbocycles. The van der Waals surface area contributed by atoms with Crippen LogP contribution in [0.15, 0.2) is 5.16 Å². The van der Waals surface area contributed by atoms with E-state index in [4.69, 9.17) is 4.74 Å². The fourth-order valence-corrected chi connectivity index (χ4v) is 1.71. The number of thioether (sulfide) groups is 1. The molecule has 0 aliphatic rings. The van der Waals surface area contributed by atoms with Gasteiger partial charge >= 0.3 is 0 Å². The van der Waals surface area contributed by atoms with Crippen LogP contribution in [0.1, 0.15) is 0 Å². The van der Waals surface area contributed by atoms with Crippen LogP contribution < -0.4 is 5.32 Å². The van der Waals surface area contributed by atoms with Crippen LogP contribution in [0.4, 0.5) is 8.78 Å². The molecule has 17 heavy (non-hydrogen) atoms. The summed E-state index contributed by atoms with van der Waals surface area (Å²) in [6, 6.07) is 0. The number of nitrogens with one attached hydrogen (secondary N) is 1. The number of hydrogen-bond donors (Lipinski definition) is 1. The number of aromatic nitrogens is 4. The first-order valence-corrected chi connectivity index (χ1v) is 6.09. The van der Waals surface area contributed by atoms with Crippen LogP contribution in [-0.2, 0) is 11.3 Å². The van der Waals surface area contributed by atoms with Crippen molar-refractivity contribution in [3.05, 3.63) is 0 Å². The monoisotopic (exact) mass is 267 g/mol. The van der Waals surface area contributed by atoms with E-state index in [-0.39, 0.29) is 5.75 Å². The van der Waals surface area contributed by atoms with Crippen molar-refractivity contribution in [3.63, 3.8) is 0 Å². The van der Waals surface area contributed by atoms with Crippen molar-refractivity contribution < 1.29 is 13.5 Å². The number of rotatable bonds is 9. The normalized spacial score (nSPS) is 11.3. The molecule has 0 fully saturated rings. The Morgan fingerprint density at radius 3 is 3.00 bits per heavy atom. The van der Waals surface area contributed by atoms with Gasteiger partial charge in [-0.15, -0.1) is 5.10 Å². The van der Waals surface area contributed by atoms with E-state index >= 15 is 0 Å². The smallest absolute Gasteiger partial charge is 0.248 e. The quantitative estimate of drug-likeness (QED) is 0.511. The van der Waals surface area contributed by atoms with Gasteiger partial charge in [0.1, 0.15) is 0 Å². The summed E-state index contributed by atoms with van der Waals surface area (Å²) in [5.41, 5.74) is 0. The Morgan fingerprint density at radius 1 is 1.47 bits per heavy atom. The van der Waals surface area contributed by atoms with Crippen LogP contribution in [0.5, 0.6) is 0 Å². The number of methoxy groups -OCH3 is 1. The highest BCUT2D eigenvalue weighted by molar-refractivity contribution is 7.99. The largest absolute Gasteiger partial charge is 0.383 e. The van der Waals surface area contributed by atoms with Gasteiger partial charge < -0.3 is 10.1 Å². The zero-order valence-corrected chi connectivity index (χ0v) is 10.3. The Labute approximate surface area is 102 Å². The van der Waals surface area contributed by atoms with Crippen molar-refractivity contribution >= 4 is 11.8 Å². The van der Waals surface area contributed by atoms with Crippen LogP contribution in [0.25, 0.3) is 0 Å². The van der Waals surface area contributed by atoms with Crippen molar-refractivity contribution in [1.29, 1.82) is 0 Å². The van der Waals surface area contributed by atoms with Crippen LogP contribution in [0.3, 0.4) is 0 Å². The first-order chi connectivity index (χ1) is 8.24. The second-order valence-corrected chi connectivity index (χ2v) is 4.12. The molecular formula is C8H15F2N5OS. The Balaban J connectivity index is 2.25. The SMILES string of the molecule is COCCNCCn1nnnc1SCC(F)F. The molecule has 6 nitrogen and oxygen atoms in total. The summed E-state index contributed by atoms with van der Waals surface area (Å²) in [5, 5.41) is 14.4. The van der Waals surface area contributed by atoms with Gasteiger partial charge in [0, 0.05) is 20.2 Å². The molecule has 0 amide bonds. The molecule has 0 spiro atoms. The van der Waals surface area contributed by atoms with Gasteiger partial charge in [0.05, 0.1) is 18.9 Å². The minimum Gasteiger partial charge on any atom is -0.383 e. The summed E-state index contributed by atoms with van der Waals surface area (Å²) in [6.07, 6.45) is -2.36. The lowest BCUT2D eigenvalue weighted by molar-refractivity contribution is 0.176. The second kappa shape index (κ2) is 8.31. The van der Waals surface area contributed by atoms with Crippen LogP contribution in [-0.4, -0.2) is 59.2 Å². The lowest BCUT2D eigenvalue weighted by Crippen LogP contribution is -2.24. The van der Waals surface area contributed by atoms with E-state index in [9.17, 15) is 8.78 Å². The van der Waals surface area contributed by atoms with E-state index < -0.39 is 6.43 Å². The number of halogens is 2. The van der Waals surface area contributed by atoms with E-state index in [1.54, 1.807) is 7.11 Å². The maximum atomic E-state index is 12.0. The molecule has 0 aliphatic heterocycles. The maximum absolute atomic E-state index is 12.0. The van der Waals surface area contributed by atoms with Crippen LogP contribution in [0, 0.1) is 0 Å². The Kier molecular flexibility index (Phi) is 6.97. The van der Waals surface area contributed by atoms with Crippen molar-refractivity contribution in [2.75, 3.05) is 32.6 Å². The minimum absolute atomic E-state index is 0.294. The molecule has 1 heterocycles. The molecule has 98 valence electrons. The van der Waals surface area contributed by atoms with Gasteiger partial charge in [-0.3, -0.25) is 0 Å². The summed E-state index contributed by atoms with van der Waals surface area (Å²) in [5.74, 6) is -0.294. The zero-order chi connectivity index (χ0) is 12.5. The summed E-state index contributed by atoms with van der Waals surface area (Å²) in [7, 11) is 1.63. The molecule has 0 aliphatic carbocycles. The Morgan fingerprint density at radius 2 is 2.29 bits per heavy atom. The van der Waals surface area contributed by atoms with Gasteiger partial charge in [-0.25, -0.2) is 13.5 Å². The molecule has 1 aromatic heterocycles. The summed E-state index contributed by atoms with van der Waals surface area (Å²) in [4.78, 5) is 0. The van der Waals surface area contributed by atoms with E-state index in [0.717, 1.165) is 18.3 Å². The molecule has 0 bridgehead atoms. The van der Waals surface area contributed by atoms with Gasteiger partial charge in [-0.2, -0.15) is 0 Å². The predicted molar refractivity (Wildman–Crippen MR) is 59.3 cm³/mol. The highest BCUT2D eigenvalue weighted by Gasteiger charge is 2.10. The molecule has 9 heteroatoms. The fourth-order valence-electron chi connectivity index (χ4n) is 1.06. The summed E-state index contributed by atoms with van der Waals surface area (Å²) >= 11 is 0.954. The third-order valence-electron chi connectivity index (χ3n) is 1.82. The molecule has 0 atom stereocenters. The number of hydrogen-bond acceptors (Lipinski definition) is 6. The molecular weight excluding hydrogens is 252 g/mol. The number of nitrogens with zero attached hydrogens (tertiary/aromatic N) is 4.